The molecule has 0 nitrogen and oxygen atoms in total. The maximum absolute atomic E-state index is 3.90. The average molecular weight is 280 g/mol. The van der Waals surface area contributed by atoms with Gasteiger partial charge in [0.2, 0.25) is 0 Å². The lowest BCUT2D eigenvalue weighted by atomic mass is 9.86. The van der Waals surface area contributed by atoms with Crippen molar-refractivity contribution in [2.45, 2.75) is 32.6 Å². The van der Waals surface area contributed by atoms with Crippen LogP contribution in [0.15, 0.2) is 49.1 Å². The Balaban J connectivity index is 0.000000110. The van der Waals surface area contributed by atoms with E-state index < -0.39 is 0 Å². The van der Waals surface area contributed by atoms with Gasteiger partial charge < -0.3 is 0 Å². The van der Waals surface area contributed by atoms with E-state index in [-0.39, 0.29) is 0 Å². The van der Waals surface area contributed by atoms with Crippen LogP contribution < -0.4 is 0 Å². The van der Waals surface area contributed by atoms with E-state index in [1.165, 1.54) is 25.7 Å². The fraction of sp³-hybridized carbons (Fsp3) is 0.619. The number of fused-ring (bicyclic) bond motifs is 6. The van der Waals surface area contributed by atoms with Gasteiger partial charge in [-0.2, -0.15) is 0 Å². The van der Waals surface area contributed by atoms with Gasteiger partial charge in [0, 0.05) is 0 Å². The van der Waals surface area contributed by atoms with Crippen LogP contribution in [0.5, 0.6) is 0 Å². The second-order valence-electron chi connectivity index (χ2n) is 7.87. The van der Waals surface area contributed by atoms with Gasteiger partial charge in [0.1, 0.15) is 0 Å². The molecule has 0 aromatic rings. The summed E-state index contributed by atoms with van der Waals surface area (Å²) in [5, 5.41) is 0. The first-order valence-electron chi connectivity index (χ1n) is 8.92. The van der Waals surface area contributed by atoms with Gasteiger partial charge in [0.15, 0.2) is 0 Å². The third-order valence-corrected chi connectivity index (χ3v) is 6.89. The highest BCUT2D eigenvalue weighted by Crippen LogP contribution is 2.52. The maximum Gasteiger partial charge on any atom is -0.0133 e. The van der Waals surface area contributed by atoms with E-state index in [0.717, 1.165) is 47.3 Å². The lowest BCUT2D eigenvalue weighted by Gasteiger charge is -2.18. The fourth-order valence-electron chi connectivity index (χ4n) is 5.75. The first-order valence-corrected chi connectivity index (χ1v) is 8.92. The molecule has 0 N–H and O–H groups in total. The lowest BCUT2D eigenvalue weighted by Crippen LogP contribution is -2.12. The van der Waals surface area contributed by atoms with E-state index >= 15 is 0 Å². The molecule has 0 aromatic heterocycles. The summed E-state index contributed by atoms with van der Waals surface area (Å²) in [6, 6.07) is 0. The Morgan fingerprint density at radius 3 is 2.33 bits per heavy atom. The third kappa shape index (κ3) is 2.18. The normalized spacial score (nSPS) is 50.9. The van der Waals surface area contributed by atoms with Crippen LogP contribution in [0.3, 0.4) is 0 Å². The van der Waals surface area contributed by atoms with E-state index in [1.54, 1.807) is 0 Å². The minimum absolute atomic E-state index is 0.772. The van der Waals surface area contributed by atoms with Crippen LogP contribution in [0.4, 0.5) is 0 Å². The van der Waals surface area contributed by atoms with Gasteiger partial charge in [-0.1, -0.05) is 49.5 Å². The van der Waals surface area contributed by atoms with Gasteiger partial charge in [-0.25, -0.2) is 0 Å². The van der Waals surface area contributed by atoms with Crippen LogP contribution in [0, 0.1) is 47.3 Å². The molecule has 2 bridgehead atoms. The SMILES string of the molecule is C1=CC2C3C=CC(C3)C2C1.C=CC1CC(C)C2CC=CC12. The molecule has 21 heavy (non-hydrogen) atoms. The van der Waals surface area contributed by atoms with Crippen molar-refractivity contribution in [3.8, 4) is 0 Å². The number of rotatable bonds is 1. The maximum atomic E-state index is 3.90. The van der Waals surface area contributed by atoms with Crippen molar-refractivity contribution in [3.63, 3.8) is 0 Å². The summed E-state index contributed by atoms with van der Waals surface area (Å²) in [4.78, 5) is 0. The molecule has 0 heterocycles. The van der Waals surface area contributed by atoms with Gasteiger partial charge in [0.05, 0.1) is 0 Å². The Labute approximate surface area is 129 Å². The Morgan fingerprint density at radius 1 is 0.857 bits per heavy atom. The van der Waals surface area contributed by atoms with Gasteiger partial charge in [-0.05, 0) is 73.0 Å². The second kappa shape index (κ2) is 5.30. The zero-order valence-electron chi connectivity index (χ0n) is 13.2. The van der Waals surface area contributed by atoms with Gasteiger partial charge in [-0.3, -0.25) is 0 Å². The first kappa shape index (κ1) is 13.6. The monoisotopic (exact) mass is 280 g/mol. The molecular formula is C21H28. The summed E-state index contributed by atoms with van der Waals surface area (Å²) in [7, 11) is 0. The molecule has 0 spiro atoms. The highest BCUT2D eigenvalue weighted by molar-refractivity contribution is 5.21. The second-order valence-corrected chi connectivity index (χ2v) is 7.87. The van der Waals surface area contributed by atoms with E-state index in [2.05, 4.69) is 56.0 Å². The van der Waals surface area contributed by atoms with E-state index in [0.29, 0.717) is 0 Å². The molecule has 8 unspecified atom stereocenters. The number of hydrogen-bond acceptors (Lipinski definition) is 0. The van der Waals surface area contributed by atoms with Gasteiger partial charge in [-0.15, -0.1) is 6.58 Å². The summed E-state index contributed by atoms with van der Waals surface area (Å²) in [6.45, 7) is 6.29. The van der Waals surface area contributed by atoms with Crippen LogP contribution in [-0.2, 0) is 0 Å². The predicted octanol–water partition coefficient (Wildman–Crippen LogP) is 5.41. The highest BCUT2D eigenvalue weighted by atomic mass is 14.5. The Kier molecular flexibility index (Phi) is 3.44. The summed E-state index contributed by atoms with van der Waals surface area (Å²) in [5.74, 6) is 7.29. The molecule has 0 heteroatoms. The van der Waals surface area contributed by atoms with Crippen LogP contribution in [0.2, 0.25) is 0 Å². The average Bonchev–Trinajstić information content (AvgIpc) is 3.27. The highest BCUT2D eigenvalue weighted by Gasteiger charge is 2.44. The number of hydrogen-bond donors (Lipinski definition) is 0. The smallest absolute Gasteiger partial charge is 0.0133 e. The minimum Gasteiger partial charge on any atom is -0.103 e. The molecule has 112 valence electrons. The van der Waals surface area contributed by atoms with E-state index in [9.17, 15) is 0 Å². The van der Waals surface area contributed by atoms with Crippen molar-refractivity contribution < 1.29 is 0 Å². The van der Waals surface area contributed by atoms with Crippen molar-refractivity contribution in [2.24, 2.45) is 47.3 Å². The Hall–Kier alpha value is -1.04. The molecule has 0 aliphatic heterocycles. The van der Waals surface area contributed by atoms with Crippen LogP contribution in [0.1, 0.15) is 32.6 Å². The van der Waals surface area contributed by atoms with Gasteiger partial charge >= 0.3 is 0 Å². The number of allylic oxidation sites excluding steroid dienone is 7. The van der Waals surface area contributed by atoms with E-state index in [1.807, 2.05) is 0 Å². The first-order chi connectivity index (χ1) is 10.3. The zero-order valence-corrected chi connectivity index (χ0v) is 13.2. The minimum atomic E-state index is 0.772. The lowest BCUT2D eigenvalue weighted by molar-refractivity contribution is 0.388. The zero-order chi connectivity index (χ0) is 14.4. The van der Waals surface area contributed by atoms with Crippen LogP contribution >= 0.6 is 0 Å². The van der Waals surface area contributed by atoms with Crippen molar-refractivity contribution in [2.75, 3.05) is 0 Å². The molecule has 0 radical (unpaired) electrons. The molecule has 0 aromatic carbocycles. The van der Waals surface area contributed by atoms with Crippen molar-refractivity contribution >= 4 is 0 Å². The van der Waals surface area contributed by atoms with Gasteiger partial charge in [0.25, 0.3) is 0 Å². The summed E-state index contributed by atoms with van der Waals surface area (Å²) in [6.07, 6.45) is 22.1. The molecular weight excluding hydrogens is 252 g/mol. The molecule has 0 amide bonds. The Bertz CT molecular complexity index is 494. The molecule has 2 fully saturated rings. The quantitative estimate of drug-likeness (QED) is 0.564. The van der Waals surface area contributed by atoms with Crippen LogP contribution in [0.25, 0.3) is 0 Å². The predicted molar refractivity (Wildman–Crippen MR) is 89.7 cm³/mol. The third-order valence-electron chi connectivity index (χ3n) is 6.89. The summed E-state index contributed by atoms with van der Waals surface area (Å²) >= 11 is 0. The van der Waals surface area contributed by atoms with Crippen LogP contribution in [-0.4, -0.2) is 0 Å². The Morgan fingerprint density at radius 2 is 1.57 bits per heavy atom. The standard InChI is InChI=1S/C11H16.C10H12/c1-3-9-7-8(2)10-5-4-6-11(9)10;1-2-9-7-4-5-8(6-7)10(9)3-1/h3-4,6,8-11H,1,5,7H2,2H3;1-2,4-5,7-10H,3,6H2. The molecule has 2 saturated carbocycles. The fourth-order valence-corrected chi connectivity index (χ4v) is 5.75. The van der Waals surface area contributed by atoms with E-state index in [4.69, 9.17) is 0 Å². The topological polar surface area (TPSA) is 0 Å². The van der Waals surface area contributed by atoms with Crippen molar-refractivity contribution in [1.82, 2.24) is 0 Å². The summed E-state index contributed by atoms with van der Waals surface area (Å²) < 4.78 is 0. The molecule has 5 aliphatic rings. The van der Waals surface area contributed by atoms with Crippen molar-refractivity contribution in [1.29, 1.82) is 0 Å². The molecule has 0 saturated heterocycles. The molecule has 5 rings (SSSR count). The van der Waals surface area contributed by atoms with Crippen molar-refractivity contribution in [3.05, 3.63) is 49.1 Å². The molecule has 5 aliphatic carbocycles. The molecule has 8 atom stereocenters. The largest absolute Gasteiger partial charge is 0.103 e. The summed E-state index contributed by atoms with van der Waals surface area (Å²) in [5.41, 5.74) is 0.